The van der Waals surface area contributed by atoms with E-state index in [1.807, 2.05) is 42.2 Å². The number of carbonyl (C=O) groups is 1. The first-order valence-corrected chi connectivity index (χ1v) is 7.32. The molecule has 1 saturated heterocycles. The Labute approximate surface area is 120 Å². The van der Waals surface area contributed by atoms with E-state index < -0.39 is 5.60 Å². The second kappa shape index (κ2) is 6.37. The lowest BCUT2D eigenvalue weighted by Crippen LogP contribution is -2.48. The molecule has 0 saturated carbocycles. The molecule has 1 aliphatic rings. The second-order valence-electron chi connectivity index (χ2n) is 5.72. The Bertz CT molecular complexity index is 439. The highest BCUT2D eigenvalue weighted by Gasteiger charge is 2.34. The molecule has 20 heavy (non-hydrogen) atoms. The SMILES string of the molecule is C[C@@H](C(=O)N1CCC(O)(CCN)CC1)c1ccccc1. The van der Waals surface area contributed by atoms with Gasteiger partial charge in [-0.05, 0) is 38.3 Å². The van der Waals surface area contributed by atoms with Gasteiger partial charge in [-0.1, -0.05) is 30.3 Å². The largest absolute Gasteiger partial charge is 0.390 e. The number of likely N-dealkylation sites (tertiary alicyclic amines) is 1. The molecule has 3 N–H and O–H groups in total. The topological polar surface area (TPSA) is 66.6 Å². The highest BCUT2D eigenvalue weighted by Crippen LogP contribution is 2.27. The van der Waals surface area contributed by atoms with Crippen molar-refractivity contribution in [2.24, 2.45) is 5.73 Å². The molecule has 1 fully saturated rings. The number of nitrogens with two attached hydrogens (primary N) is 1. The van der Waals surface area contributed by atoms with Crippen molar-refractivity contribution in [1.29, 1.82) is 0 Å². The molecule has 4 nitrogen and oxygen atoms in total. The molecule has 0 spiro atoms. The van der Waals surface area contributed by atoms with Crippen LogP contribution in [0.3, 0.4) is 0 Å². The summed E-state index contributed by atoms with van der Waals surface area (Å²) in [4.78, 5) is 14.4. The van der Waals surface area contributed by atoms with Gasteiger partial charge in [0.25, 0.3) is 0 Å². The van der Waals surface area contributed by atoms with Crippen LogP contribution in [-0.4, -0.2) is 41.1 Å². The number of amides is 1. The van der Waals surface area contributed by atoms with Crippen molar-refractivity contribution in [2.75, 3.05) is 19.6 Å². The van der Waals surface area contributed by atoms with E-state index in [2.05, 4.69) is 0 Å². The summed E-state index contributed by atoms with van der Waals surface area (Å²) in [7, 11) is 0. The summed E-state index contributed by atoms with van der Waals surface area (Å²) < 4.78 is 0. The van der Waals surface area contributed by atoms with Gasteiger partial charge in [0.2, 0.25) is 5.91 Å². The van der Waals surface area contributed by atoms with E-state index in [0.29, 0.717) is 38.9 Å². The van der Waals surface area contributed by atoms with Crippen LogP contribution >= 0.6 is 0 Å². The van der Waals surface area contributed by atoms with Crippen molar-refractivity contribution in [1.82, 2.24) is 4.90 Å². The molecule has 0 aromatic heterocycles. The molecule has 110 valence electrons. The minimum absolute atomic E-state index is 0.128. The zero-order valence-corrected chi connectivity index (χ0v) is 12.1. The molecule has 0 unspecified atom stereocenters. The van der Waals surface area contributed by atoms with E-state index in [4.69, 9.17) is 5.73 Å². The number of rotatable bonds is 4. The van der Waals surface area contributed by atoms with Crippen molar-refractivity contribution in [3.05, 3.63) is 35.9 Å². The van der Waals surface area contributed by atoms with E-state index in [9.17, 15) is 9.90 Å². The van der Waals surface area contributed by atoms with Gasteiger partial charge in [0.05, 0.1) is 11.5 Å². The van der Waals surface area contributed by atoms with Crippen LogP contribution in [0.25, 0.3) is 0 Å². The van der Waals surface area contributed by atoms with E-state index in [-0.39, 0.29) is 11.8 Å². The number of nitrogens with zero attached hydrogens (tertiary/aromatic N) is 1. The van der Waals surface area contributed by atoms with E-state index in [1.165, 1.54) is 0 Å². The van der Waals surface area contributed by atoms with Gasteiger partial charge < -0.3 is 15.7 Å². The van der Waals surface area contributed by atoms with Crippen molar-refractivity contribution in [3.63, 3.8) is 0 Å². The van der Waals surface area contributed by atoms with E-state index in [1.54, 1.807) is 0 Å². The molecular formula is C16H24N2O2. The van der Waals surface area contributed by atoms with Crippen molar-refractivity contribution in [2.45, 2.75) is 37.7 Å². The van der Waals surface area contributed by atoms with Crippen LogP contribution in [0.5, 0.6) is 0 Å². The third-order valence-corrected chi connectivity index (χ3v) is 4.29. The minimum atomic E-state index is -0.679. The molecule has 4 heteroatoms. The molecule has 0 radical (unpaired) electrons. The maximum Gasteiger partial charge on any atom is 0.229 e. The highest BCUT2D eigenvalue weighted by molar-refractivity contribution is 5.83. The standard InChI is InChI=1S/C16H24N2O2/c1-13(14-5-3-2-4-6-14)15(19)18-11-8-16(20,7-10-17)9-12-18/h2-6,13,20H,7-12,17H2,1H3/t13-/m1/s1. The lowest BCUT2D eigenvalue weighted by molar-refractivity contribution is -0.136. The highest BCUT2D eigenvalue weighted by atomic mass is 16.3. The van der Waals surface area contributed by atoms with Crippen LogP contribution in [0.1, 0.15) is 37.7 Å². The molecular weight excluding hydrogens is 252 g/mol. The van der Waals surface area contributed by atoms with Gasteiger partial charge in [-0.3, -0.25) is 4.79 Å². The summed E-state index contributed by atoms with van der Waals surface area (Å²) in [6.07, 6.45) is 1.86. The van der Waals surface area contributed by atoms with Gasteiger partial charge in [-0.2, -0.15) is 0 Å². The molecule has 1 aliphatic heterocycles. The summed E-state index contributed by atoms with van der Waals surface area (Å²) in [6, 6.07) is 9.83. The Balaban J connectivity index is 1.95. The Morgan fingerprint density at radius 3 is 2.50 bits per heavy atom. The summed E-state index contributed by atoms with van der Waals surface area (Å²) in [5.74, 6) is 0.0166. The monoisotopic (exact) mass is 276 g/mol. The molecule has 1 heterocycles. The van der Waals surface area contributed by atoms with E-state index >= 15 is 0 Å². The molecule has 0 aliphatic carbocycles. The molecule has 2 rings (SSSR count). The summed E-state index contributed by atoms with van der Waals surface area (Å²) >= 11 is 0. The molecule has 1 amide bonds. The van der Waals surface area contributed by atoms with Crippen LogP contribution in [-0.2, 0) is 4.79 Å². The van der Waals surface area contributed by atoms with Crippen molar-refractivity contribution in [3.8, 4) is 0 Å². The zero-order valence-electron chi connectivity index (χ0n) is 12.1. The van der Waals surface area contributed by atoms with Crippen LogP contribution < -0.4 is 5.73 Å². The zero-order chi connectivity index (χ0) is 14.6. The fourth-order valence-corrected chi connectivity index (χ4v) is 2.82. The fourth-order valence-electron chi connectivity index (χ4n) is 2.82. The molecule has 1 aromatic rings. The third-order valence-electron chi connectivity index (χ3n) is 4.29. The normalized spacial score (nSPS) is 19.6. The van der Waals surface area contributed by atoms with Gasteiger partial charge in [-0.25, -0.2) is 0 Å². The van der Waals surface area contributed by atoms with Crippen LogP contribution in [0.15, 0.2) is 30.3 Å². The summed E-state index contributed by atoms with van der Waals surface area (Å²) in [5, 5.41) is 10.3. The molecule has 1 atom stereocenters. The molecule has 1 aromatic carbocycles. The van der Waals surface area contributed by atoms with E-state index in [0.717, 1.165) is 5.56 Å². The smallest absolute Gasteiger partial charge is 0.229 e. The van der Waals surface area contributed by atoms with Crippen molar-refractivity contribution >= 4 is 5.91 Å². The maximum absolute atomic E-state index is 12.5. The van der Waals surface area contributed by atoms with Gasteiger partial charge in [0.15, 0.2) is 0 Å². The number of aliphatic hydroxyl groups is 1. The fraction of sp³-hybridized carbons (Fsp3) is 0.562. The minimum Gasteiger partial charge on any atom is -0.390 e. The Morgan fingerprint density at radius 1 is 1.35 bits per heavy atom. The predicted molar refractivity (Wildman–Crippen MR) is 79.3 cm³/mol. The average molecular weight is 276 g/mol. The number of carbonyl (C=O) groups excluding carboxylic acids is 1. The van der Waals surface area contributed by atoms with Gasteiger partial charge in [0, 0.05) is 13.1 Å². The summed E-state index contributed by atoms with van der Waals surface area (Å²) in [6.45, 7) is 3.67. The van der Waals surface area contributed by atoms with Crippen LogP contribution in [0.4, 0.5) is 0 Å². The quantitative estimate of drug-likeness (QED) is 0.875. The number of benzene rings is 1. The third kappa shape index (κ3) is 3.38. The number of hydrogen-bond donors (Lipinski definition) is 2. The Hall–Kier alpha value is -1.39. The summed E-state index contributed by atoms with van der Waals surface area (Å²) in [5.41, 5.74) is 5.89. The van der Waals surface area contributed by atoms with Gasteiger partial charge in [-0.15, -0.1) is 0 Å². The number of piperidine rings is 1. The molecule has 0 bridgehead atoms. The Kier molecular flexibility index (Phi) is 4.78. The van der Waals surface area contributed by atoms with Crippen LogP contribution in [0.2, 0.25) is 0 Å². The van der Waals surface area contributed by atoms with Crippen LogP contribution in [0, 0.1) is 0 Å². The number of hydrogen-bond acceptors (Lipinski definition) is 3. The van der Waals surface area contributed by atoms with Gasteiger partial charge in [0.1, 0.15) is 0 Å². The first-order chi connectivity index (χ1) is 9.56. The average Bonchev–Trinajstić information content (AvgIpc) is 2.47. The van der Waals surface area contributed by atoms with Crippen molar-refractivity contribution < 1.29 is 9.90 Å². The first-order valence-electron chi connectivity index (χ1n) is 7.32. The lowest BCUT2D eigenvalue weighted by atomic mass is 9.87. The Morgan fingerprint density at radius 2 is 1.95 bits per heavy atom. The maximum atomic E-state index is 12.5. The first kappa shape index (κ1) is 15.0. The lowest BCUT2D eigenvalue weighted by Gasteiger charge is -2.39. The predicted octanol–water partition coefficient (Wildman–Crippen LogP) is 1.49. The second-order valence-corrected chi connectivity index (χ2v) is 5.72. The van der Waals surface area contributed by atoms with Gasteiger partial charge >= 0.3 is 0 Å².